The summed E-state index contributed by atoms with van der Waals surface area (Å²) in [5, 5.41) is 29.2. The predicted octanol–water partition coefficient (Wildman–Crippen LogP) is 1.66. The third-order valence-electron chi connectivity index (χ3n) is 4.56. The molecule has 132 valence electrons. The van der Waals surface area contributed by atoms with E-state index in [-0.39, 0.29) is 13.2 Å². The van der Waals surface area contributed by atoms with Gasteiger partial charge in [-0.1, -0.05) is 24.6 Å². The highest BCUT2D eigenvalue weighted by molar-refractivity contribution is 5.99. The molecule has 5 heteroatoms. The standard InChI is InChI=1S/C19H26O5/c1-12(8-13(2)6-7-20)4-5-15-9-14-10-17(21)19(3,23)18(22)16(14)11-24-15/h4-5,8-10,13,16,18,20,22-23H,6-7,11H2,1-3H3/b5-4+,12-8+/t13?,16-,18+,19-/m1/s1. The van der Waals surface area contributed by atoms with E-state index in [0.717, 1.165) is 12.0 Å². The van der Waals surface area contributed by atoms with Gasteiger partial charge in [-0.3, -0.25) is 4.79 Å². The van der Waals surface area contributed by atoms with Crippen LogP contribution in [0, 0.1) is 11.8 Å². The van der Waals surface area contributed by atoms with Gasteiger partial charge in [0.2, 0.25) is 0 Å². The molecule has 0 spiro atoms. The lowest BCUT2D eigenvalue weighted by atomic mass is 9.75. The zero-order valence-corrected chi connectivity index (χ0v) is 14.4. The maximum Gasteiger partial charge on any atom is 0.189 e. The third kappa shape index (κ3) is 4.04. The fraction of sp³-hybridized carbons (Fsp3) is 0.526. The molecule has 2 aliphatic rings. The second-order valence-corrected chi connectivity index (χ2v) is 6.80. The van der Waals surface area contributed by atoms with Gasteiger partial charge < -0.3 is 20.1 Å². The minimum Gasteiger partial charge on any atom is -0.493 e. The first kappa shape index (κ1) is 18.6. The van der Waals surface area contributed by atoms with Crippen molar-refractivity contribution in [3.05, 3.63) is 47.3 Å². The first-order valence-corrected chi connectivity index (χ1v) is 8.24. The number of hydrogen-bond donors (Lipinski definition) is 3. The van der Waals surface area contributed by atoms with Crippen LogP contribution in [0.2, 0.25) is 0 Å². The van der Waals surface area contributed by atoms with Crippen molar-refractivity contribution in [2.75, 3.05) is 13.2 Å². The van der Waals surface area contributed by atoms with Crippen LogP contribution in [0.1, 0.15) is 27.2 Å². The van der Waals surface area contributed by atoms with Gasteiger partial charge in [0, 0.05) is 12.5 Å². The molecule has 0 saturated heterocycles. The van der Waals surface area contributed by atoms with E-state index in [9.17, 15) is 15.0 Å². The number of ether oxygens (including phenoxy) is 1. The molecule has 0 fully saturated rings. The largest absolute Gasteiger partial charge is 0.493 e. The van der Waals surface area contributed by atoms with Crippen molar-refractivity contribution < 1.29 is 24.9 Å². The lowest BCUT2D eigenvalue weighted by molar-refractivity contribution is -0.150. The van der Waals surface area contributed by atoms with E-state index >= 15 is 0 Å². The quantitative estimate of drug-likeness (QED) is 0.666. The van der Waals surface area contributed by atoms with E-state index in [1.54, 1.807) is 6.08 Å². The Kier molecular flexibility index (Phi) is 5.80. The summed E-state index contributed by atoms with van der Waals surface area (Å²) >= 11 is 0. The molecule has 0 saturated carbocycles. The van der Waals surface area contributed by atoms with E-state index in [4.69, 9.17) is 9.84 Å². The van der Waals surface area contributed by atoms with Gasteiger partial charge in [0.05, 0.1) is 12.7 Å². The van der Waals surface area contributed by atoms with Crippen LogP contribution in [-0.4, -0.2) is 46.0 Å². The highest BCUT2D eigenvalue weighted by Crippen LogP contribution is 2.35. The number of carbonyl (C=O) groups is 1. The molecule has 1 unspecified atom stereocenters. The summed E-state index contributed by atoms with van der Waals surface area (Å²) < 4.78 is 5.63. The number of hydrogen-bond acceptors (Lipinski definition) is 5. The number of aliphatic hydroxyl groups is 3. The molecule has 2 rings (SSSR count). The van der Waals surface area contributed by atoms with Crippen LogP contribution < -0.4 is 0 Å². The molecule has 1 heterocycles. The molecule has 0 radical (unpaired) electrons. The van der Waals surface area contributed by atoms with E-state index in [1.807, 2.05) is 26.0 Å². The molecular weight excluding hydrogens is 308 g/mol. The van der Waals surface area contributed by atoms with Gasteiger partial charge in [-0.15, -0.1) is 0 Å². The average molecular weight is 334 g/mol. The van der Waals surface area contributed by atoms with Gasteiger partial charge in [-0.25, -0.2) is 0 Å². The molecule has 0 bridgehead atoms. The van der Waals surface area contributed by atoms with Crippen LogP contribution in [0.3, 0.4) is 0 Å². The van der Waals surface area contributed by atoms with Crippen LogP contribution in [0.5, 0.6) is 0 Å². The number of aliphatic hydroxyl groups excluding tert-OH is 2. The summed E-state index contributed by atoms with van der Waals surface area (Å²) in [6.45, 7) is 5.73. The minimum absolute atomic E-state index is 0.165. The Labute approximate surface area is 142 Å². The van der Waals surface area contributed by atoms with Gasteiger partial charge in [0.1, 0.15) is 5.76 Å². The summed E-state index contributed by atoms with van der Waals surface area (Å²) in [6, 6.07) is 0. The van der Waals surface area contributed by atoms with Gasteiger partial charge in [0.25, 0.3) is 0 Å². The lowest BCUT2D eigenvalue weighted by Gasteiger charge is -2.39. The summed E-state index contributed by atoms with van der Waals surface area (Å²) in [5.41, 5.74) is -0.0274. The van der Waals surface area contributed by atoms with Crippen LogP contribution in [-0.2, 0) is 9.53 Å². The van der Waals surface area contributed by atoms with Crippen molar-refractivity contribution >= 4 is 5.78 Å². The smallest absolute Gasteiger partial charge is 0.189 e. The fourth-order valence-electron chi connectivity index (χ4n) is 2.95. The third-order valence-corrected chi connectivity index (χ3v) is 4.56. The maximum absolute atomic E-state index is 11.9. The second-order valence-electron chi connectivity index (χ2n) is 6.80. The average Bonchev–Trinajstić information content (AvgIpc) is 2.51. The molecule has 5 nitrogen and oxygen atoms in total. The summed E-state index contributed by atoms with van der Waals surface area (Å²) in [6.07, 6.45) is 8.47. The van der Waals surface area contributed by atoms with Crippen molar-refractivity contribution in [3.8, 4) is 0 Å². The molecule has 4 atom stereocenters. The molecular formula is C19H26O5. The molecule has 3 N–H and O–H groups in total. The first-order valence-electron chi connectivity index (χ1n) is 8.24. The molecule has 24 heavy (non-hydrogen) atoms. The van der Waals surface area contributed by atoms with Crippen molar-refractivity contribution in [3.63, 3.8) is 0 Å². The van der Waals surface area contributed by atoms with Gasteiger partial charge in [-0.2, -0.15) is 0 Å². The SMILES string of the molecule is CC(/C=C/C1=CC2=CC(=O)[C@@](C)(O)[C@@H](O)[C@@H]2CO1)=C\C(C)CCO. The lowest BCUT2D eigenvalue weighted by Crippen LogP contribution is -2.54. The Morgan fingerprint density at radius 3 is 2.88 bits per heavy atom. The number of allylic oxidation sites excluding steroid dienone is 5. The van der Waals surface area contributed by atoms with Gasteiger partial charge in [0.15, 0.2) is 11.4 Å². The van der Waals surface area contributed by atoms with Crippen molar-refractivity contribution in [2.45, 2.75) is 38.9 Å². The van der Waals surface area contributed by atoms with E-state index < -0.39 is 23.4 Å². The fourth-order valence-corrected chi connectivity index (χ4v) is 2.95. The minimum atomic E-state index is -1.76. The first-order chi connectivity index (χ1) is 11.3. The molecule has 1 aliphatic heterocycles. The van der Waals surface area contributed by atoms with Crippen LogP contribution in [0.4, 0.5) is 0 Å². The van der Waals surface area contributed by atoms with Crippen LogP contribution in [0.15, 0.2) is 47.3 Å². The summed E-state index contributed by atoms with van der Waals surface area (Å²) in [5.74, 6) is 0.00985. The number of carbonyl (C=O) groups excluding carboxylic acids is 1. The van der Waals surface area contributed by atoms with Crippen molar-refractivity contribution in [1.82, 2.24) is 0 Å². The Bertz CT molecular complexity index is 609. The molecule has 0 aromatic carbocycles. The Hall–Kier alpha value is -1.69. The monoisotopic (exact) mass is 334 g/mol. The predicted molar refractivity (Wildman–Crippen MR) is 91.0 cm³/mol. The molecule has 1 aliphatic carbocycles. The molecule has 0 amide bonds. The summed E-state index contributed by atoms with van der Waals surface area (Å²) in [4.78, 5) is 11.9. The van der Waals surface area contributed by atoms with Crippen molar-refractivity contribution in [1.29, 1.82) is 0 Å². The van der Waals surface area contributed by atoms with Crippen LogP contribution >= 0.6 is 0 Å². The Balaban J connectivity index is 2.14. The highest BCUT2D eigenvalue weighted by Gasteiger charge is 2.47. The maximum atomic E-state index is 11.9. The zero-order valence-electron chi connectivity index (χ0n) is 14.4. The number of rotatable bonds is 5. The highest BCUT2D eigenvalue weighted by atomic mass is 16.5. The van der Waals surface area contributed by atoms with E-state index in [1.165, 1.54) is 13.0 Å². The Morgan fingerprint density at radius 1 is 1.50 bits per heavy atom. The Morgan fingerprint density at radius 2 is 2.21 bits per heavy atom. The topological polar surface area (TPSA) is 87.0 Å². The zero-order chi connectivity index (χ0) is 17.9. The normalized spacial score (nSPS) is 32.1. The second kappa shape index (κ2) is 7.47. The van der Waals surface area contributed by atoms with E-state index in [2.05, 4.69) is 6.08 Å². The summed E-state index contributed by atoms with van der Waals surface area (Å²) in [7, 11) is 0. The van der Waals surface area contributed by atoms with Crippen LogP contribution in [0.25, 0.3) is 0 Å². The molecule has 0 aromatic rings. The van der Waals surface area contributed by atoms with E-state index in [0.29, 0.717) is 17.3 Å². The number of ketones is 1. The van der Waals surface area contributed by atoms with Gasteiger partial charge >= 0.3 is 0 Å². The van der Waals surface area contributed by atoms with Crippen molar-refractivity contribution in [2.24, 2.45) is 11.8 Å². The number of fused-ring (bicyclic) bond motifs is 1. The molecule has 0 aromatic heterocycles. The van der Waals surface area contributed by atoms with Gasteiger partial charge in [-0.05, 0) is 50.0 Å².